The molecule has 0 aliphatic carbocycles. The molecule has 3 rings (SSSR count). The summed E-state index contributed by atoms with van der Waals surface area (Å²) in [7, 11) is 0. The summed E-state index contributed by atoms with van der Waals surface area (Å²) in [6.45, 7) is 0. The van der Waals surface area contributed by atoms with Crippen LogP contribution in [0.25, 0.3) is 0 Å². The molecule has 0 heterocycles. The van der Waals surface area contributed by atoms with Crippen LogP contribution in [0, 0.1) is 0 Å². The van der Waals surface area contributed by atoms with Crippen molar-refractivity contribution < 1.29 is 14.7 Å². The lowest BCUT2D eigenvalue weighted by atomic mass is 9.83. The summed E-state index contributed by atoms with van der Waals surface area (Å²) in [6.07, 6.45) is 0. The molecule has 0 spiro atoms. The van der Waals surface area contributed by atoms with Gasteiger partial charge in [0.2, 0.25) is 5.91 Å². The highest BCUT2D eigenvalue weighted by molar-refractivity contribution is 8.00. The van der Waals surface area contributed by atoms with Crippen LogP contribution < -0.4 is 11.5 Å². The molecule has 0 radical (unpaired) electrons. The Hall–Kier alpha value is -3.09. The van der Waals surface area contributed by atoms with Gasteiger partial charge in [-0.05, 0) is 28.8 Å². The molecule has 0 saturated heterocycles. The summed E-state index contributed by atoms with van der Waals surface area (Å²) in [4.78, 5) is 23.2. The van der Waals surface area contributed by atoms with Crippen molar-refractivity contribution in [3.63, 3.8) is 0 Å². The predicted octanol–water partition coefficient (Wildman–Crippen LogP) is 3.22. The summed E-state index contributed by atoms with van der Waals surface area (Å²) < 4.78 is -0.763. The van der Waals surface area contributed by atoms with Crippen molar-refractivity contribution in [1.29, 1.82) is 0 Å². The first kappa shape index (κ1) is 20.6. The number of benzene rings is 3. The van der Waals surface area contributed by atoms with Crippen molar-refractivity contribution >= 4 is 23.6 Å². The van der Waals surface area contributed by atoms with Crippen molar-refractivity contribution in [3.8, 4) is 0 Å². The topological polar surface area (TPSA) is 106 Å². The zero-order chi connectivity index (χ0) is 20.9. The molecule has 5 N–H and O–H groups in total. The fraction of sp³-hybridized carbons (Fsp3) is 0.130. The van der Waals surface area contributed by atoms with Gasteiger partial charge in [-0.15, -0.1) is 11.8 Å². The number of thioether (sulfide) groups is 1. The Morgan fingerprint density at radius 2 is 1.38 bits per heavy atom. The number of hydrogen-bond donors (Lipinski definition) is 3. The van der Waals surface area contributed by atoms with Crippen molar-refractivity contribution in [2.75, 3.05) is 5.75 Å². The fourth-order valence-corrected chi connectivity index (χ4v) is 4.74. The van der Waals surface area contributed by atoms with E-state index in [9.17, 15) is 14.7 Å². The summed E-state index contributed by atoms with van der Waals surface area (Å²) in [5.74, 6) is -1.40. The number of primary amides is 1. The molecule has 1 atom stereocenters. The highest BCUT2D eigenvalue weighted by Gasteiger charge is 2.38. The SMILES string of the molecule is NC(=O)c1cccc(C(SC[C@H](N)C(=O)O)(c2ccccc2)c2ccccc2)c1. The molecular formula is C23H22N2O3S. The van der Waals surface area contributed by atoms with Gasteiger partial charge in [-0.1, -0.05) is 72.8 Å². The highest BCUT2D eigenvalue weighted by Crippen LogP contribution is 2.48. The molecule has 0 aliphatic heterocycles. The molecule has 0 aromatic heterocycles. The van der Waals surface area contributed by atoms with E-state index in [0.29, 0.717) is 5.56 Å². The smallest absolute Gasteiger partial charge is 0.321 e. The van der Waals surface area contributed by atoms with Gasteiger partial charge in [-0.25, -0.2) is 0 Å². The quantitative estimate of drug-likeness (QED) is 0.498. The molecule has 1 amide bonds. The maximum Gasteiger partial charge on any atom is 0.321 e. The minimum absolute atomic E-state index is 0.180. The van der Waals surface area contributed by atoms with E-state index in [1.807, 2.05) is 66.7 Å². The van der Waals surface area contributed by atoms with Gasteiger partial charge in [0.05, 0.1) is 4.75 Å². The van der Waals surface area contributed by atoms with E-state index in [1.54, 1.807) is 18.2 Å². The van der Waals surface area contributed by atoms with Crippen LogP contribution >= 0.6 is 11.8 Å². The van der Waals surface area contributed by atoms with Gasteiger partial charge in [0, 0.05) is 11.3 Å². The predicted molar refractivity (Wildman–Crippen MR) is 116 cm³/mol. The number of carbonyl (C=O) groups is 2. The zero-order valence-electron chi connectivity index (χ0n) is 15.7. The molecule has 0 saturated carbocycles. The van der Waals surface area contributed by atoms with Crippen molar-refractivity contribution in [2.45, 2.75) is 10.8 Å². The first-order valence-electron chi connectivity index (χ1n) is 9.09. The van der Waals surface area contributed by atoms with Crippen LogP contribution in [-0.2, 0) is 9.54 Å². The third kappa shape index (κ3) is 4.34. The average Bonchev–Trinajstić information content (AvgIpc) is 2.75. The first-order valence-corrected chi connectivity index (χ1v) is 10.1. The van der Waals surface area contributed by atoms with Crippen LogP contribution in [0.15, 0.2) is 84.9 Å². The third-order valence-corrected chi connectivity index (χ3v) is 6.38. The van der Waals surface area contributed by atoms with Crippen molar-refractivity contribution in [2.24, 2.45) is 11.5 Å². The lowest BCUT2D eigenvalue weighted by Crippen LogP contribution is -2.36. The standard InChI is InChI=1S/C23H22N2O3S/c24-20(22(27)28)15-29-23(17-9-3-1-4-10-17,18-11-5-2-6-12-18)19-13-7-8-16(14-19)21(25)26/h1-14,20H,15,24H2,(H2,25,26)(H,27,28)/t20-/m0/s1. The Morgan fingerprint density at radius 3 is 1.86 bits per heavy atom. The van der Waals surface area contributed by atoms with E-state index < -0.39 is 22.7 Å². The van der Waals surface area contributed by atoms with Gasteiger partial charge < -0.3 is 16.6 Å². The van der Waals surface area contributed by atoms with E-state index in [4.69, 9.17) is 11.5 Å². The van der Waals surface area contributed by atoms with Crippen LogP contribution in [0.4, 0.5) is 0 Å². The van der Waals surface area contributed by atoms with Gasteiger partial charge in [0.25, 0.3) is 0 Å². The average molecular weight is 407 g/mol. The maximum absolute atomic E-state index is 11.8. The van der Waals surface area contributed by atoms with Gasteiger partial charge >= 0.3 is 5.97 Å². The number of rotatable bonds is 8. The Morgan fingerprint density at radius 1 is 0.862 bits per heavy atom. The van der Waals surface area contributed by atoms with Crippen LogP contribution in [0.1, 0.15) is 27.0 Å². The molecule has 148 valence electrons. The Balaban J connectivity index is 2.26. The van der Waals surface area contributed by atoms with Gasteiger partial charge in [0.15, 0.2) is 0 Å². The van der Waals surface area contributed by atoms with E-state index in [0.717, 1.165) is 16.7 Å². The van der Waals surface area contributed by atoms with Crippen LogP contribution in [0.3, 0.4) is 0 Å². The lowest BCUT2D eigenvalue weighted by Gasteiger charge is -2.36. The number of carboxylic acids is 1. The van der Waals surface area contributed by atoms with Gasteiger partial charge in [-0.2, -0.15) is 0 Å². The van der Waals surface area contributed by atoms with Crippen LogP contribution in [0.5, 0.6) is 0 Å². The Bertz CT molecular complexity index is 954. The molecule has 0 fully saturated rings. The van der Waals surface area contributed by atoms with Crippen molar-refractivity contribution in [1.82, 2.24) is 0 Å². The number of carbonyl (C=O) groups excluding carboxylic acids is 1. The molecular weight excluding hydrogens is 384 g/mol. The maximum atomic E-state index is 11.8. The third-order valence-electron chi connectivity index (χ3n) is 4.71. The number of aliphatic carboxylic acids is 1. The minimum Gasteiger partial charge on any atom is -0.480 e. The first-order chi connectivity index (χ1) is 13.9. The summed E-state index contributed by atoms with van der Waals surface area (Å²) >= 11 is 1.43. The second-order valence-corrected chi connectivity index (χ2v) is 7.85. The number of amides is 1. The molecule has 3 aromatic rings. The fourth-order valence-electron chi connectivity index (χ4n) is 3.27. The zero-order valence-corrected chi connectivity index (χ0v) is 16.5. The van der Waals surface area contributed by atoms with Gasteiger partial charge in [-0.3, -0.25) is 9.59 Å². The lowest BCUT2D eigenvalue weighted by molar-refractivity contribution is -0.137. The second kappa shape index (κ2) is 8.94. The molecule has 6 heteroatoms. The Kier molecular flexibility index (Phi) is 6.36. The molecule has 0 bridgehead atoms. The van der Waals surface area contributed by atoms with Crippen LogP contribution in [0.2, 0.25) is 0 Å². The number of hydrogen-bond acceptors (Lipinski definition) is 4. The summed E-state index contributed by atoms with van der Waals surface area (Å²) in [5.41, 5.74) is 14.5. The number of nitrogens with two attached hydrogens (primary N) is 2. The molecule has 5 nitrogen and oxygen atoms in total. The van der Waals surface area contributed by atoms with Crippen LogP contribution in [-0.4, -0.2) is 28.8 Å². The van der Waals surface area contributed by atoms with E-state index in [2.05, 4.69) is 0 Å². The van der Waals surface area contributed by atoms with E-state index >= 15 is 0 Å². The monoisotopic (exact) mass is 406 g/mol. The second-order valence-electron chi connectivity index (χ2n) is 6.61. The molecule has 0 unspecified atom stereocenters. The van der Waals surface area contributed by atoms with Gasteiger partial charge in [0.1, 0.15) is 6.04 Å². The summed E-state index contributed by atoms with van der Waals surface area (Å²) in [5, 5.41) is 9.31. The molecule has 29 heavy (non-hydrogen) atoms. The van der Waals surface area contributed by atoms with E-state index in [1.165, 1.54) is 11.8 Å². The normalized spacial score (nSPS) is 12.3. The number of carboxylic acid groups (broad SMARTS) is 1. The molecule has 0 aliphatic rings. The van der Waals surface area contributed by atoms with Crippen molar-refractivity contribution in [3.05, 3.63) is 107 Å². The summed E-state index contributed by atoms with van der Waals surface area (Å²) in [6, 6.07) is 25.7. The Labute approximate surface area is 173 Å². The minimum atomic E-state index is -1.06. The highest BCUT2D eigenvalue weighted by atomic mass is 32.2. The largest absolute Gasteiger partial charge is 0.480 e. The van der Waals surface area contributed by atoms with E-state index in [-0.39, 0.29) is 5.75 Å². The molecule has 3 aromatic carbocycles.